The minimum Gasteiger partial charge on any atom is -0.395 e. The molecular formula is C13H30N2O. The van der Waals surface area contributed by atoms with Crippen molar-refractivity contribution < 1.29 is 5.11 Å². The van der Waals surface area contributed by atoms with Crippen LogP contribution in [0.25, 0.3) is 0 Å². The summed E-state index contributed by atoms with van der Waals surface area (Å²) in [6.07, 6.45) is 1.17. The molecule has 0 aliphatic carbocycles. The van der Waals surface area contributed by atoms with E-state index in [1.54, 1.807) is 0 Å². The summed E-state index contributed by atoms with van der Waals surface area (Å²) in [7, 11) is 0. The van der Waals surface area contributed by atoms with E-state index < -0.39 is 0 Å². The zero-order valence-electron chi connectivity index (χ0n) is 11.6. The predicted octanol–water partition coefficient (Wildman–Crippen LogP) is 1.70. The number of nitrogens with zero attached hydrogens (tertiary/aromatic N) is 1. The van der Waals surface area contributed by atoms with Crippen LogP contribution in [0.15, 0.2) is 0 Å². The number of likely N-dealkylation sites (N-methyl/N-ethyl adjacent to an activating group) is 1. The van der Waals surface area contributed by atoms with Gasteiger partial charge in [0.25, 0.3) is 0 Å². The number of nitrogens with two attached hydrogens (primary N) is 1. The first-order chi connectivity index (χ1) is 7.47. The molecule has 0 aromatic rings. The number of rotatable bonds is 8. The summed E-state index contributed by atoms with van der Waals surface area (Å²) in [6, 6.07) is 0.146. The Morgan fingerprint density at radius 1 is 1.19 bits per heavy atom. The van der Waals surface area contributed by atoms with Crippen molar-refractivity contribution in [2.45, 2.75) is 53.1 Å². The van der Waals surface area contributed by atoms with Gasteiger partial charge in [-0.15, -0.1) is 0 Å². The Hall–Kier alpha value is -0.120. The van der Waals surface area contributed by atoms with Gasteiger partial charge in [-0.1, -0.05) is 41.0 Å². The van der Waals surface area contributed by atoms with E-state index >= 15 is 0 Å². The number of aliphatic hydroxyl groups excluding tert-OH is 1. The molecule has 3 N–H and O–H groups in total. The van der Waals surface area contributed by atoms with Crippen LogP contribution in [-0.4, -0.2) is 41.8 Å². The first-order valence-corrected chi connectivity index (χ1v) is 6.58. The summed E-state index contributed by atoms with van der Waals surface area (Å²) in [4.78, 5) is 2.32. The summed E-state index contributed by atoms with van der Waals surface area (Å²) >= 11 is 0. The van der Waals surface area contributed by atoms with Gasteiger partial charge in [0.15, 0.2) is 0 Å². The van der Waals surface area contributed by atoms with Gasteiger partial charge in [0.1, 0.15) is 0 Å². The van der Waals surface area contributed by atoms with Crippen molar-refractivity contribution in [3.05, 3.63) is 0 Å². The number of hydrogen-bond donors (Lipinski definition) is 2. The molecular weight excluding hydrogens is 200 g/mol. The maximum absolute atomic E-state index is 9.51. The molecule has 3 unspecified atom stereocenters. The Morgan fingerprint density at radius 3 is 2.06 bits per heavy atom. The van der Waals surface area contributed by atoms with E-state index in [4.69, 9.17) is 5.73 Å². The maximum atomic E-state index is 9.51. The van der Waals surface area contributed by atoms with Gasteiger partial charge in [-0.25, -0.2) is 0 Å². The second kappa shape index (κ2) is 8.04. The molecule has 0 aromatic carbocycles. The molecule has 0 spiro atoms. The van der Waals surface area contributed by atoms with Crippen LogP contribution < -0.4 is 5.73 Å². The fourth-order valence-electron chi connectivity index (χ4n) is 1.95. The van der Waals surface area contributed by atoms with Crippen LogP contribution in [0.4, 0.5) is 0 Å². The average Bonchev–Trinajstić information content (AvgIpc) is 2.27. The lowest BCUT2D eigenvalue weighted by atomic mass is 9.95. The van der Waals surface area contributed by atoms with E-state index in [9.17, 15) is 5.11 Å². The van der Waals surface area contributed by atoms with E-state index in [1.165, 1.54) is 6.42 Å². The predicted molar refractivity (Wildman–Crippen MR) is 70.4 cm³/mol. The third-order valence-electron chi connectivity index (χ3n) is 3.52. The van der Waals surface area contributed by atoms with Crippen LogP contribution in [0, 0.1) is 11.8 Å². The molecule has 3 nitrogen and oxygen atoms in total. The Bertz CT molecular complexity index is 173. The van der Waals surface area contributed by atoms with Crippen LogP contribution in [0.2, 0.25) is 0 Å². The van der Waals surface area contributed by atoms with Gasteiger partial charge in [-0.2, -0.15) is 0 Å². The Balaban J connectivity index is 4.49. The van der Waals surface area contributed by atoms with Gasteiger partial charge in [-0.3, -0.25) is 4.90 Å². The summed E-state index contributed by atoms with van der Waals surface area (Å²) in [5, 5.41) is 9.51. The fraction of sp³-hybridized carbons (Fsp3) is 1.00. The molecule has 0 aliphatic heterocycles. The SMILES string of the molecule is CCC(C)CN(CC)C(CO)C(N)C(C)C. The summed E-state index contributed by atoms with van der Waals surface area (Å²) in [5.74, 6) is 1.07. The molecule has 0 bridgehead atoms. The third-order valence-corrected chi connectivity index (χ3v) is 3.52. The zero-order chi connectivity index (χ0) is 12.7. The van der Waals surface area contributed by atoms with Gasteiger partial charge in [0, 0.05) is 18.6 Å². The molecule has 0 heterocycles. The summed E-state index contributed by atoms with van der Waals surface area (Å²) in [6.45, 7) is 13.0. The second-order valence-electron chi connectivity index (χ2n) is 5.17. The Labute approximate surface area is 101 Å². The smallest absolute Gasteiger partial charge is 0.0602 e. The van der Waals surface area contributed by atoms with Crippen molar-refractivity contribution in [1.82, 2.24) is 4.90 Å². The van der Waals surface area contributed by atoms with Crippen LogP contribution >= 0.6 is 0 Å². The van der Waals surface area contributed by atoms with Gasteiger partial charge >= 0.3 is 0 Å². The van der Waals surface area contributed by atoms with E-state index in [-0.39, 0.29) is 18.7 Å². The van der Waals surface area contributed by atoms with Gasteiger partial charge in [0.05, 0.1) is 6.61 Å². The Kier molecular flexibility index (Phi) is 7.98. The highest BCUT2D eigenvalue weighted by Gasteiger charge is 2.26. The van der Waals surface area contributed by atoms with Crippen LogP contribution in [0.1, 0.15) is 41.0 Å². The lowest BCUT2D eigenvalue weighted by Crippen LogP contribution is -2.53. The first-order valence-electron chi connectivity index (χ1n) is 6.58. The van der Waals surface area contributed by atoms with Crippen molar-refractivity contribution in [3.8, 4) is 0 Å². The van der Waals surface area contributed by atoms with Crippen molar-refractivity contribution in [2.75, 3.05) is 19.7 Å². The van der Waals surface area contributed by atoms with Crippen molar-refractivity contribution in [2.24, 2.45) is 17.6 Å². The molecule has 16 heavy (non-hydrogen) atoms. The van der Waals surface area contributed by atoms with E-state index in [1.807, 2.05) is 0 Å². The van der Waals surface area contributed by atoms with Crippen molar-refractivity contribution in [1.29, 1.82) is 0 Å². The second-order valence-corrected chi connectivity index (χ2v) is 5.17. The molecule has 0 saturated carbocycles. The molecule has 0 aliphatic rings. The van der Waals surface area contributed by atoms with E-state index in [0.29, 0.717) is 11.8 Å². The molecule has 0 rings (SSSR count). The molecule has 0 radical (unpaired) electrons. The molecule has 0 fully saturated rings. The monoisotopic (exact) mass is 230 g/mol. The largest absolute Gasteiger partial charge is 0.395 e. The average molecular weight is 230 g/mol. The molecule has 0 saturated heterocycles. The number of aliphatic hydroxyl groups is 1. The molecule has 0 aromatic heterocycles. The topological polar surface area (TPSA) is 49.5 Å². The summed E-state index contributed by atoms with van der Waals surface area (Å²) < 4.78 is 0. The van der Waals surface area contributed by atoms with E-state index in [2.05, 4.69) is 39.5 Å². The molecule has 3 atom stereocenters. The van der Waals surface area contributed by atoms with Crippen molar-refractivity contribution >= 4 is 0 Å². The van der Waals surface area contributed by atoms with Crippen molar-refractivity contribution in [3.63, 3.8) is 0 Å². The van der Waals surface area contributed by atoms with Gasteiger partial charge in [-0.05, 0) is 18.4 Å². The van der Waals surface area contributed by atoms with Crippen LogP contribution in [-0.2, 0) is 0 Å². The number of hydrogen-bond acceptors (Lipinski definition) is 3. The van der Waals surface area contributed by atoms with Gasteiger partial charge < -0.3 is 10.8 Å². The molecule has 3 heteroatoms. The van der Waals surface area contributed by atoms with Crippen LogP contribution in [0.3, 0.4) is 0 Å². The lowest BCUT2D eigenvalue weighted by Gasteiger charge is -2.36. The highest BCUT2D eigenvalue weighted by Crippen LogP contribution is 2.13. The minimum atomic E-state index is 0.0500. The normalized spacial score (nSPS) is 17.8. The molecule has 98 valence electrons. The van der Waals surface area contributed by atoms with E-state index in [0.717, 1.165) is 13.1 Å². The standard InChI is InChI=1S/C13H30N2O/c1-6-11(5)8-15(7-2)12(9-16)13(14)10(3)4/h10-13,16H,6-9,14H2,1-5H3. The highest BCUT2D eigenvalue weighted by molar-refractivity contribution is 4.84. The quantitative estimate of drug-likeness (QED) is 0.667. The Morgan fingerprint density at radius 2 is 1.75 bits per heavy atom. The van der Waals surface area contributed by atoms with Gasteiger partial charge in [0.2, 0.25) is 0 Å². The fourth-order valence-corrected chi connectivity index (χ4v) is 1.95. The van der Waals surface area contributed by atoms with Crippen LogP contribution in [0.5, 0.6) is 0 Å². The summed E-state index contributed by atoms with van der Waals surface area (Å²) in [5.41, 5.74) is 6.16. The maximum Gasteiger partial charge on any atom is 0.0602 e. The molecule has 0 amide bonds. The zero-order valence-corrected chi connectivity index (χ0v) is 11.6. The first kappa shape index (κ1) is 15.9. The third kappa shape index (κ3) is 4.81. The highest BCUT2D eigenvalue weighted by atomic mass is 16.3. The minimum absolute atomic E-state index is 0.0500. The lowest BCUT2D eigenvalue weighted by molar-refractivity contribution is 0.0838.